The monoisotopic (exact) mass is 377 g/mol. The van der Waals surface area contributed by atoms with E-state index in [0.29, 0.717) is 17.3 Å². The first-order valence-corrected chi connectivity index (χ1v) is 9.52. The Morgan fingerprint density at radius 3 is 2.81 bits per heavy atom. The van der Waals surface area contributed by atoms with Crippen LogP contribution < -0.4 is 5.32 Å². The Morgan fingerprint density at radius 1 is 1.22 bits per heavy atom. The zero-order valence-electron chi connectivity index (χ0n) is 15.3. The van der Waals surface area contributed by atoms with Crippen LogP contribution in [0.4, 0.5) is 5.69 Å². The van der Waals surface area contributed by atoms with Crippen LogP contribution in [-0.2, 0) is 0 Å². The van der Waals surface area contributed by atoms with E-state index in [-0.39, 0.29) is 5.91 Å². The number of pyridine rings is 1. The quantitative estimate of drug-likeness (QED) is 0.566. The summed E-state index contributed by atoms with van der Waals surface area (Å²) in [6.07, 6.45) is 3.27. The summed E-state index contributed by atoms with van der Waals surface area (Å²) in [6.45, 7) is 6.11. The minimum absolute atomic E-state index is 0.192. The SMILES string of the molecule is Cc1c(C(=O)Nc2ccc3nc(C(C)C)sc3c2)cnn1-c1ccccn1. The predicted molar refractivity (Wildman–Crippen MR) is 108 cm³/mol. The normalized spacial score (nSPS) is 11.3. The number of benzene rings is 1. The zero-order valence-corrected chi connectivity index (χ0v) is 16.1. The molecule has 136 valence electrons. The Labute approximate surface area is 160 Å². The third kappa shape index (κ3) is 3.33. The number of carbonyl (C=O) groups is 1. The van der Waals surface area contributed by atoms with Crippen molar-refractivity contribution in [3.05, 3.63) is 65.1 Å². The summed E-state index contributed by atoms with van der Waals surface area (Å²) in [4.78, 5) is 21.6. The summed E-state index contributed by atoms with van der Waals surface area (Å²) < 4.78 is 2.73. The third-order valence-corrected chi connectivity index (χ3v) is 5.60. The minimum Gasteiger partial charge on any atom is -0.322 e. The molecule has 0 bridgehead atoms. The predicted octanol–water partition coefficient (Wildman–Crippen LogP) is 4.56. The maximum atomic E-state index is 12.7. The summed E-state index contributed by atoms with van der Waals surface area (Å²) in [7, 11) is 0. The largest absolute Gasteiger partial charge is 0.322 e. The van der Waals surface area contributed by atoms with Gasteiger partial charge in [-0.25, -0.2) is 14.6 Å². The van der Waals surface area contributed by atoms with Gasteiger partial charge in [-0.05, 0) is 37.3 Å². The Bertz CT molecular complexity index is 1110. The summed E-state index contributed by atoms with van der Waals surface area (Å²) in [6, 6.07) is 11.4. The molecule has 0 aliphatic rings. The lowest BCUT2D eigenvalue weighted by atomic mass is 10.2. The highest BCUT2D eigenvalue weighted by molar-refractivity contribution is 7.18. The molecule has 7 heteroatoms. The molecule has 0 saturated heterocycles. The average molecular weight is 377 g/mol. The van der Waals surface area contributed by atoms with Gasteiger partial charge in [-0.3, -0.25) is 4.79 Å². The number of aromatic nitrogens is 4. The molecule has 0 fully saturated rings. The zero-order chi connectivity index (χ0) is 19.0. The second kappa shape index (κ2) is 6.92. The maximum absolute atomic E-state index is 12.7. The molecule has 4 aromatic rings. The molecule has 6 nitrogen and oxygen atoms in total. The van der Waals surface area contributed by atoms with Gasteiger partial charge < -0.3 is 5.32 Å². The van der Waals surface area contributed by atoms with Crippen molar-refractivity contribution in [3.8, 4) is 5.82 Å². The van der Waals surface area contributed by atoms with E-state index in [1.165, 1.54) is 0 Å². The lowest BCUT2D eigenvalue weighted by molar-refractivity contribution is 0.102. The molecule has 0 unspecified atom stereocenters. The number of nitrogens with one attached hydrogen (secondary N) is 1. The van der Waals surface area contributed by atoms with Gasteiger partial charge in [0.2, 0.25) is 0 Å². The molecular weight excluding hydrogens is 358 g/mol. The molecule has 1 amide bonds. The van der Waals surface area contributed by atoms with Gasteiger partial charge in [0, 0.05) is 17.8 Å². The van der Waals surface area contributed by atoms with Crippen molar-refractivity contribution < 1.29 is 4.79 Å². The Morgan fingerprint density at radius 2 is 2.07 bits per heavy atom. The fourth-order valence-corrected chi connectivity index (χ4v) is 3.82. The molecule has 1 N–H and O–H groups in total. The van der Waals surface area contributed by atoms with E-state index in [2.05, 4.69) is 34.2 Å². The number of hydrogen-bond acceptors (Lipinski definition) is 5. The molecule has 27 heavy (non-hydrogen) atoms. The number of rotatable bonds is 4. The van der Waals surface area contributed by atoms with Crippen LogP contribution in [0.2, 0.25) is 0 Å². The molecule has 0 aliphatic carbocycles. The van der Waals surface area contributed by atoms with E-state index in [4.69, 9.17) is 0 Å². The maximum Gasteiger partial charge on any atom is 0.259 e. The van der Waals surface area contributed by atoms with E-state index in [0.717, 1.165) is 26.6 Å². The molecule has 4 rings (SSSR count). The highest BCUT2D eigenvalue weighted by atomic mass is 32.1. The lowest BCUT2D eigenvalue weighted by Gasteiger charge is -2.06. The van der Waals surface area contributed by atoms with Crippen molar-refractivity contribution in [3.63, 3.8) is 0 Å². The fourth-order valence-electron chi connectivity index (χ4n) is 2.81. The first kappa shape index (κ1) is 17.4. The van der Waals surface area contributed by atoms with E-state index in [1.807, 2.05) is 43.3 Å². The van der Waals surface area contributed by atoms with Gasteiger partial charge in [0.25, 0.3) is 5.91 Å². The van der Waals surface area contributed by atoms with E-state index >= 15 is 0 Å². The average Bonchev–Trinajstić information content (AvgIpc) is 3.25. The molecule has 0 radical (unpaired) electrons. The van der Waals surface area contributed by atoms with Crippen LogP contribution >= 0.6 is 11.3 Å². The number of nitrogens with zero attached hydrogens (tertiary/aromatic N) is 4. The van der Waals surface area contributed by atoms with Gasteiger partial charge in [-0.15, -0.1) is 11.3 Å². The topological polar surface area (TPSA) is 72.7 Å². The smallest absolute Gasteiger partial charge is 0.259 e. The standard InChI is InChI=1S/C20H19N5OS/c1-12(2)20-24-16-8-7-14(10-17(16)27-20)23-19(26)15-11-22-25(13(15)3)18-6-4-5-9-21-18/h4-12H,1-3H3,(H,23,26). The summed E-state index contributed by atoms with van der Waals surface area (Å²) in [5, 5.41) is 8.37. The van der Waals surface area contributed by atoms with Crippen LogP contribution in [0.5, 0.6) is 0 Å². The Hall–Kier alpha value is -3.06. The third-order valence-electron chi connectivity index (χ3n) is 4.28. The molecular formula is C20H19N5OS. The van der Waals surface area contributed by atoms with Gasteiger partial charge >= 0.3 is 0 Å². The van der Waals surface area contributed by atoms with Crippen LogP contribution in [0, 0.1) is 6.92 Å². The first-order chi connectivity index (χ1) is 13.0. The number of carbonyl (C=O) groups excluding carboxylic acids is 1. The van der Waals surface area contributed by atoms with Crippen LogP contribution in [-0.4, -0.2) is 25.7 Å². The number of amides is 1. The van der Waals surface area contributed by atoms with Crippen molar-refractivity contribution in [1.29, 1.82) is 0 Å². The lowest BCUT2D eigenvalue weighted by Crippen LogP contribution is -2.13. The van der Waals surface area contributed by atoms with Gasteiger partial charge in [-0.1, -0.05) is 19.9 Å². The molecule has 1 aromatic carbocycles. The molecule has 0 aliphatic heterocycles. The Kier molecular flexibility index (Phi) is 4.45. The number of hydrogen-bond donors (Lipinski definition) is 1. The van der Waals surface area contributed by atoms with Gasteiger partial charge in [-0.2, -0.15) is 5.10 Å². The van der Waals surface area contributed by atoms with Crippen molar-refractivity contribution in [2.75, 3.05) is 5.32 Å². The summed E-state index contributed by atoms with van der Waals surface area (Å²) in [5.41, 5.74) is 2.97. The summed E-state index contributed by atoms with van der Waals surface area (Å²) >= 11 is 1.66. The fraction of sp³-hybridized carbons (Fsp3) is 0.200. The van der Waals surface area contributed by atoms with Crippen molar-refractivity contribution >= 4 is 33.1 Å². The second-order valence-electron chi connectivity index (χ2n) is 6.59. The molecule has 0 saturated carbocycles. The minimum atomic E-state index is -0.192. The highest BCUT2D eigenvalue weighted by Gasteiger charge is 2.16. The van der Waals surface area contributed by atoms with Gasteiger partial charge in [0.15, 0.2) is 5.82 Å². The van der Waals surface area contributed by atoms with Gasteiger partial charge in [0.05, 0.1) is 32.7 Å². The van der Waals surface area contributed by atoms with Crippen molar-refractivity contribution in [2.45, 2.75) is 26.7 Å². The van der Waals surface area contributed by atoms with E-state index in [9.17, 15) is 4.79 Å². The highest BCUT2D eigenvalue weighted by Crippen LogP contribution is 2.29. The molecule has 0 atom stereocenters. The van der Waals surface area contributed by atoms with E-state index < -0.39 is 0 Å². The molecule has 3 heterocycles. The first-order valence-electron chi connectivity index (χ1n) is 8.71. The van der Waals surface area contributed by atoms with Crippen LogP contribution in [0.25, 0.3) is 16.0 Å². The summed E-state index contributed by atoms with van der Waals surface area (Å²) in [5.74, 6) is 0.879. The number of thiazole rings is 1. The Balaban J connectivity index is 1.59. The van der Waals surface area contributed by atoms with Gasteiger partial charge in [0.1, 0.15) is 0 Å². The van der Waals surface area contributed by atoms with Crippen LogP contribution in [0.1, 0.15) is 40.8 Å². The van der Waals surface area contributed by atoms with Crippen LogP contribution in [0.15, 0.2) is 48.8 Å². The molecule has 0 spiro atoms. The van der Waals surface area contributed by atoms with E-state index in [1.54, 1.807) is 28.4 Å². The number of anilines is 1. The molecule has 3 aromatic heterocycles. The van der Waals surface area contributed by atoms with Crippen molar-refractivity contribution in [2.24, 2.45) is 0 Å². The van der Waals surface area contributed by atoms with Crippen LogP contribution in [0.3, 0.4) is 0 Å². The van der Waals surface area contributed by atoms with Crippen molar-refractivity contribution in [1.82, 2.24) is 19.7 Å². The second-order valence-corrected chi connectivity index (χ2v) is 7.65. The number of fused-ring (bicyclic) bond motifs is 1.